The molecule has 0 bridgehead atoms. The number of esters is 2. The van der Waals surface area contributed by atoms with Crippen LogP contribution in [-0.4, -0.2) is 98.3 Å². The van der Waals surface area contributed by atoms with E-state index in [9.17, 15) is 44.6 Å². The zero-order valence-corrected chi connectivity index (χ0v) is 37.2. The molecule has 8 atom stereocenters. The van der Waals surface area contributed by atoms with Crippen molar-refractivity contribution in [1.29, 1.82) is 0 Å². The average molecular weight is 861 g/mol. The second kappa shape index (κ2) is 35.6. The number of ether oxygens (including phenoxy) is 2. The van der Waals surface area contributed by atoms with Crippen molar-refractivity contribution in [3.8, 4) is 0 Å². The minimum absolute atomic E-state index is 0.0515. The highest BCUT2D eigenvalue weighted by Gasteiger charge is 2.51. The summed E-state index contributed by atoms with van der Waals surface area (Å²) in [5.41, 5.74) is 0. The fraction of sp³-hybridized carbons (Fsp3) is 0.822. The molecule has 1 rings (SSSR count). The number of unbranched alkanes of at least 4 members (excludes halogenated alkanes) is 19. The van der Waals surface area contributed by atoms with Gasteiger partial charge in [0.15, 0.2) is 6.10 Å². The first-order valence-electron chi connectivity index (χ1n) is 22.8. The summed E-state index contributed by atoms with van der Waals surface area (Å²) in [5, 5.41) is 50.1. The predicted octanol–water partition coefficient (Wildman–Crippen LogP) is 8.61. The van der Waals surface area contributed by atoms with Crippen LogP contribution in [0, 0.1) is 0 Å². The lowest BCUT2D eigenvalue weighted by Crippen LogP contribution is -2.64. The van der Waals surface area contributed by atoms with E-state index in [1.165, 1.54) is 89.9 Å². The van der Waals surface area contributed by atoms with Gasteiger partial charge >= 0.3 is 19.8 Å². The van der Waals surface area contributed by atoms with Crippen LogP contribution in [0.3, 0.4) is 0 Å². The van der Waals surface area contributed by atoms with Gasteiger partial charge in [-0.25, -0.2) is 4.57 Å². The van der Waals surface area contributed by atoms with E-state index in [0.29, 0.717) is 12.8 Å². The molecule has 1 aliphatic carbocycles. The van der Waals surface area contributed by atoms with Gasteiger partial charge < -0.3 is 39.9 Å². The van der Waals surface area contributed by atoms with E-state index in [2.05, 4.69) is 50.3 Å². The van der Waals surface area contributed by atoms with Crippen LogP contribution in [-0.2, 0) is 32.7 Å². The van der Waals surface area contributed by atoms with Crippen LogP contribution < -0.4 is 0 Å². The molecule has 0 radical (unpaired) electrons. The predicted molar refractivity (Wildman–Crippen MR) is 230 cm³/mol. The lowest BCUT2D eigenvalue weighted by molar-refractivity contribution is -0.220. The molecule has 0 saturated heterocycles. The van der Waals surface area contributed by atoms with E-state index >= 15 is 0 Å². The van der Waals surface area contributed by atoms with Gasteiger partial charge in [0, 0.05) is 12.8 Å². The van der Waals surface area contributed by atoms with Gasteiger partial charge in [-0.3, -0.25) is 18.6 Å². The number of carbonyl (C=O) groups is 2. The van der Waals surface area contributed by atoms with Crippen LogP contribution in [0.5, 0.6) is 0 Å². The fourth-order valence-electron chi connectivity index (χ4n) is 6.72. The summed E-state index contributed by atoms with van der Waals surface area (Å²) in [6, 6.07) is 0. The Balaban J connectivity index is 2.51. The van der Waals surface area contributed by atoms with Crippen LogP contribution in [0.15, 0.2) is 36.5 Å². The molecule has 0 aromatic rings. The van der Waals surface area contributed by atoms with Crippen molar-refractivity contribution < 1.29 is 63.1 Å². The van der Waals surface area contributed by atoms with Crippen LogP contribution >= 0.6 is 7.82 Å². The molecule has 0 aliphatic heterocycles. The second-order valence-electron chi connectivity index (χ2n) is 15.9. The average Bonchev–Trinajstić information content (AvgIpc) is 3.21. The molecule has 59 heavy (non-hydrogen) atoms. The third-order valence-corrected chi connectivity index (χ3v) is 11.4. The summed E-state index contributed by atoms with van der Waals surface area (Å²) >= 11 is 0. The van der Waals surface area contributed by atoms with Gasteiger partial charge in [0.2, 0.25) is 0 Å². The van der Waals surface area contributed by atoms with E-state index in [1.807, 2.05) is 0 Å². The topological polar surface area (TPSA) is 210 Å². The fourth-order valence-corrected chi connectivity index (χ4v) is 7.70. The number of phosphoric acid groups is 1. The molecular weight excluding hydrogens is 779 g/mol. The lowest BCUT2D eigenvalue weighted by Gasteiger charge is -2.41. The van der Waals surface area contributed by atoms with Gasteiger partial charge in [-0.15, -0.1) is 0 Å². The SMILES string of the molecule is CCCCCCCC/C=C/C/C=C/CCCCC(=O)O[C@H](COC(=O)CCCCC/C=C/CCCCCCCCCC)COP(=O)(O)OC1C(O)C(O)C(O)[C@@H](O)C1O. The van der Waals surface area contributed by atoms with E-state index in [4.69, 9.17) is 18.5 Å². The molecule has 0 aromatic heterocycles. The maximum absolute atomic E-state index is 12.8. The maximum Gasteiger partial charge on any atom is 0.472 e. The van der Waals surface area contributed by atoms with Crippen LogP contribution in [0.2, 0.25) is 0 Å². The molecule has 13 nitrogen and oxygen atoms in total. The standard InChI is InChI=1S/C45H81O13P/c1-3-5-7-9-11-13-15-17-19-21-23-25-27-29-31-33-38(46)55-35-37(36-56-59(53,54)58-45-43(51)41(49)40(48)42(50)44(45)52)57-39(47)34-32-30-28-26-24-22-20-18-16-14-12-10-8-6-4-2/h18,20-21,23-24,26,37,40-45,48-52H,3-17,19,22,25,27-36H2,1-2H3,(H,53,54)/b20-18+,23-21+,26-24+/t37-,40?,41-,42?,43?,44?,45?/m1/s1. The molecule has 344 valence electrons. The molecule has 0 spiro atoms. The smallest absolute Gasteiger partial charge is 0.462 e. The second-order valence-corrected chi connectivity index (χ2v) is 17.3. The van der Waals surface area contributed by atoms with E-state index < -0.39 is 75.7 Å². The number of hydrogen-bond donors (Lipinski definition) is 6. The first kappa shape index (κ1) is 55.1. The summed E-state index contributed by atoms with van der Waals surface area (Å²) in [4.78, 5) is 35.6. The lowest BCUT2D eigenvalue weighted by atomic mass is 9.85. The number of allylic oxidation sites excluding steroid dienone is 6. The van der Waals surface area contributed by atoms with Crippen molar-refractivity contribution >= 4 is 19.8 Å². The van der Waals surface area contributed by atoms with Crippen LogP contribution in [0.4, 0.5) is 0 Å². The Morgan fingerprint density at radius 1 is 0.525 bits per heavy atom. The Morgan fingerprint density at radius 3 is 1.42 bits per heavy atom. The Kier molecular flexibility index (Phi) is 33.3. The van der Waals surface area contributed by atoms with Crippen molar-refractivity contribution in [2.24, 2.45) is 0 Å². The molecule has 0 heterocycles. The Labute approximate surface area is 355 Å². The number of aliphatic hydroxyl groups excluding tert-OH is 5. The zero-order chi connectivity index (χ0) is 43.6. The third kappa shape index (κ3) is 28.3. The summed E-state index contributed by atoms with van der Waals surface area (Å²) in [6.07, 6.45) is 26.4. The molecule has 6 N–H and O–H groups in total. The van der Waals surface area contributed by atoms with Crippen molar-refractivity contribution in [2.45, 2.75) is 224 Å². The quantitative estimate of drug-likeness (QED) is 0.0150. The van der Waals surface area contributed by atoms with E-state index in [0.717, 1.165) is 51.4 Å². The Hall–Kier alpha value is -1.93. The maximum atomic E-state index is 12.8. The zero-order valence-electron chi connectivity index (χ0n) is 36.3. The van der Waals surface area contributed by atoms with E-state index in [-0.39, 0.29) is 12.8 Å². The molecule has 1 fully saturated rings. The normalized spacial score (nSPS) is 22.6. The van der Waals surface area contributed by atoms with Gasteiger partial charge in [0.05, 0.1) is 6.61 Å². The van der Waals surface area contributed by atoms with Gasteiger partial charge in [0.1, 0.15) is 43.2 Å². The van der Waals surface area contributed by atoms with Crippen molar-refractivity contribution in [3.63, 3.8) is 0 Å². The number of aliphatic hydroxyl groups is 5. The van der Waals surface area contributed by atoms with Crippen LogP contribution in [0.1, 0.15) is 181 Å². The molecular formula is C45H81O13P. The Morgan fingerprint density at radius 2 is 0.915 bits per heavy atom. The highest BCUT2D eigenvalue weighted by atomic mass is 31.2. The van der Waals surface area contributed by atoms with Crippen molar-refractivity contribution in [3.05, 3.63) is 36.5 Å². The Bertz CT molecular complexity index is 1180. The first-order valence-corrected chi connectivity index (χ1v) is 24.3. The molecule has 0 amide bonds. The molecule has 0 aromatic carbocycles. The van der Waals surface area contributed by atoms with Crippen molar-refractivity contribution in [1.82, 2.24) is 0 Å². The molecule has 6 unspecified atom stereocenters. The molecule has 1 aliphatic rings. The summed E-state index contributed by atoms with van der Waals surface area (Å²) in [6.45, 7) is 3.24. The first-order chi connectivity index (χ1) is 28.4. The minimum atomic E-state index is -5.13. The number of carbonyl (C=O) groups excluding carboxylic acids is 2. The van der Waals surface area contributed by atoms with Gasteiger partial charge in [-0.1, -0.05) is 134 Å². The number of rotatable bonds is 37. The molecule has 1 saturated carbocycles. The largest absolute Gasteiger partial charge is 0.472 e. The third-order valence-electron chi connectivity index (χ3n) is 10.5. The highest BCUT2D eigenvalue weighted by molar-refractivity contribution is 7.47. The van der Waals surface area contributed by atoms with Crippen molar-refractivity contribution in [2.75, 3.05) is 13.2 Å². The van der Waals surface area contributed by atoms with Gasteiger partial charge in [0.25, 0.3) is 0 Å². The summed E-state index contributed by atoms with van der Waals surface area (Å²) in [7, 11) is -5.13. The highest BCUT2D eigenvalue weighted by Crippen LogP contribution is 2.47. The molecule has 14 heteroatoms. The van der Waals surface area contributed by atoms with E-state index in [1.54, 1.807) is 0 Å². The van der Waals surface area contributed by atoms with Crippen LogP contribution in [0.25, 0.3) is 0 Å². The number of hydrogen-bond acceptors (Lipinski definition) is 12. The summed E-state index contributed by atoms with van der Waals surface area (Å²) < 4.78 is 33.4. The number of phosphoric ester groups is 1. The van der Waals surface area contributed by atoms with Gasteiger partial charge in [-0.2, -0.15) is 0 Å². The minimum Gasteiger partial charge on any atom is -0.462 e. The monoisotopic (exact) mass is 861 g/mol. The summed E-state index contributed by atoms with van der Waals surface area (Å²) in [5.74, 6) is -1.16. The van der Waals surface area contributed by atoms with Gasteiger partial charge in [-0.05, 0) is 70.6 Å².